The summed E-state index contributed by atoms with van der Waals surface area (Å²) in [7, 11) is -3.27. The van der Waals surface area contributed by atoms with Crippen LogP contribution in [0.15, 0.2) is 54.6 Å². The molecular weight excluding hydrogens is 410 g/mol. The molecule has 0 aromatic heterocycles. The lowest BCUT2D eigenvalue weighted by atomic mass is 10.0. The minimum atomic E-state index is -3.27. The van der Waals surface area contributed by atoms with Crippen LogP contribution in [0.25, 0.3) is 0 Å². The number of unbranched alkanes of at least 4 members (excludes halogenated alkanes) is 3. The smallest absolute Gasteiger partial charge is 0.305 e. The number of nitrogens with zero attached hydrogens (tertiary/aromatic N) is 1. The number of carbonyl (C=O) groups is 1. The van der Waals surface area contributed by atoms with Crippen LogP contribution in [0.4, 0.5) is 0 Å². The van der Waals surface area contributed by atoms with Gasteiger partial charge in [0.25, 0.3) is 0 Å². The van der Waals surface area contributed by atoms with Crippen LogP contribution in [0.1, 0.15) is 55.7 Å². The first-order chi connectivity index (χ1) is 14.9. The third kappa shape index (κ3) is 10.1. The van der Waals surface area contributed by atoms with Gasteiger partial charge in [0.15, 0.2) is 0 Å². The van der Waals surface area contributed by atoms with E-state index >= 15 is 0 Å². The summed E-state index contributed by atoms with van der Waals surface area (Å²) >= 11 is 0. The van der Waals surface area contributed by atoms with Gasteiger partial charge in [0, 0.05) is 19.5 Å². The topological polar surface area (TPSA) is 63.7 Å². The van der Waals surface area contributed by atoms with Gasteiger partial charge in [-0.15, -0.1) is 0 Å². The molecule has 0 bridgehead atoms. The second-order valence-electron chi connectivity index (χ2n) is 7.87. The number of hydrogen-bond donors (Lipinski definition) is 0. The first kappa shape index (κ1) is 25.1. The molecule has 2 aromatic rings. The molecule has 2 aromatic carbocycles. The van der Waals surface area contributed by atoms with Gasteiger partial charge in [-0.1, -0.05) is 67.4 Å². The van der Waals surface area contributed by atoms with Gasteiger partial charge in [-0.3, -0.25) is 4.79 Å². The number of rotatable bonds is 14. The SMILES string of the molecule is CCOC(=O)CCCCCCN(Cc1ccc(CCc2ccccc2)cc1)S(C)(=O)=O. The van der Waals surface area contributed by atoms with Crippen molar-refractivity contribution in [2.75, 3.05) is 19.4 Å². The molecule has 0 amide bonds. The Kier molecular flexibility index (Phi) is 10.7. The fourth-order valence-corrected chi connectivity index (χ4v) is 4.30. The van der Waals surface area contributed by atoms with E-state index in [0.717, 1.165) is 44.1 Å². The number of hydrogen-bond acceptors (Lipinski definition) is 4. The summed E-state index contributed by atoms with van der Waals surface area (Å²) in [5.74, 6) is -0.160. The Hall–Kier alpha value is -2.18. The molecule has 0 atom stereocenters. The molecule has 0 aliphatic rings. The van der Waals surface area contributed by atoms with Gasteiger partial charge < -0.3 is 4.74 Å². The molecule has 2 rings (SSSR count). The zero-order chi connectivity index (χ0) is 22.5. The molecule has 0 fully saturated rings. The molecule has 0 aliphatic carbocycles. The Morgan fingerprint density at radius 1 is 0.839 bits per heavy atom. The monoisotopic (exact) mass is 445 g/mol. The third-order valence-corrected chi connectivity index (χ3v) is 6.49. The van der Waals surface area contributed by atoms with Crippen LogP contribution in [0.5, 0.6) is 0 Å². The first-order valence-electron chi connectivity index (χ1n) is 11.1. The largest absolute Gasteiger partial charge is 0.466 e. The summed E-state index contributed by atoms with van der Waals surface area (Å²) in [5, 5.41) is 0. The fourth-order valence-electron chi connectivity index (χ4n) is 3.45. The minimum absolute atomic E-state index is 0.160. The second kappa shape index (κ2) is 13.3. The highest BCUT2D eigenvalue weighted by atomic mass is 32.2. The quantitative estimate of drug-likeness (QED) is 0.311. The predicted octanol–water partition coefficient (Wildman–Crippen LogP) is 4.75. The average molecular weight is 446 g/mol. The fraction of sp³-hybridized carbons (Fsp3) is 0.480. The van der Waals surface area contributed by atoms with E-state index in [2.05, 4.69) is 36.4 Å². The van der Waals surface area contributed by atoms with Crippen molar-refractivity contribution in [2.45, 2.75) is 58.4 Å². The average Bonchev–Trinajstić information content (AvgIpc) is 2.75. The molecule has 0 heterocycles. The van der Waals surface area contributed by atoms with Crippen molar-refractivity contribution < 1.29 is 17.9 Å². The van der Waals surface area contributed by atoms with E-state index in [1.54, 1.807) is 6.92 Å². The Bertz CT molecular complexity index is 879. The molecule has 0 saturated heterocycles. The van der Waals surface area contributed by atoms with E-state index < -0.39 is 10.0 Å². The first-order valence-corrected chi connectivity index (χ1v) is 13.0. The van der Waals surface area contributed by atoms with Gasteiger partial charge in [0.05, 0.1) is 12.9 Å². The number of sulfonamides is 1. The van der Waals surface area contributed by atoms with Crippen molar-refractivity contribution in [2.24, 2.45) is 0 Å². The van der Waals surface area contributed by atoms with Crippen LogP contribution in [0, 0.1) is 0 Å². The molecule has 6 heteroatoms. The number of esters is 1. The lowest BCUT2D eigenvalue weighted by Crippen LogP contribution is -2.30. The van der Waals surface area contributed by atoms with Crippen LogP contribution >= 0.6 is 0 Å². The molecule has 170 valence electrons. The van der Waals surface area contributed by atoms with Crippen LogP contribution in [-0.4, -0.2) is 38.1 Å². The van der Waals surface area contributed by atoms with Gasteiger partial charge >= 0.3 is 5.97 Å². The molecule has 0 saturated carbocycles. The Morgan fingerprint density at radius 2 is 1.42 bits per heavy atom. The van der Waals surface area contributed by atoms with Crippen molar-refractivity contribution in [3.63, 3.8) is 0 Å². The van der Waals surface area contributed by atoms with E-state index in [-0.39, 0.29) is 5.97 Å². The normalized spacial score (nSPS) is 11.6. The lowest BCUT2D eigenvalue weighted by Gasteiger charge is -2.20. The summed E-state index contributed by atoms with van der Waals surface area (Å²) < 4.78 is 30.9. The number of carbonyl (C=O) groups excluding carboxylic acids is 1. The summed E-state index contributed by atoms with van der Waals surface area (Å²) in [4.78, 5) is 11.3. The maximum atomic E-state index is 12.2. The summed E-state index contributed by atoms with van der Waals surface area (Å²) in [6.45, 7) is 3.10. The van der Waals surface area contributed by atoms with Crippen molar-refractivity contribution in [1.82, 2.24) is 4.31 Å². The summed E-state index contributed by atoms with van der Waals surface area (Å²) in [6, 6.07) is 18.6. The highest BCUT2D eigenvalue weighted by Crippen LogP contribution is 2.14. The predicted molar refractivity (Wildman–Crippen MR) is 125 cm³/mol. The number of aryl methyl sites for hydroxylation is 2. The summed E-state index contributed by atoms with van der Waals surface area (Å²) in [5.41, 5.74) is 3.56. The van der Waals surface area contributed by atoms with E-state index in [9.17, 15) is 13.2 Å². The van der Waals surface area contributed by atoms with Crippen molar-refractivity contribution in [3.05, 3.63) is 71.3 Å². The standard InChI is InChI=1S/C25H35NO4S/c1-3-30-25(27)13-9-4-5-10-20-26(31(2,28)29)21-24-18-16-23(17-19-24)15-14-22-11-7-6-8-12-22/h6-8,11-12,16-19H,3-5,9-10,13-15,20-21H2,1-2H3. The minimum Gasteiger partial charge on any atom is -0.466 e. The second-order valence-corrected chi connectivity index (χ2v) is 9.85. The molecule has 5 nitrogen and oxygen atoms in total. The van der Waals surface area contributed by atoms with Crippen molar-refractivity contribution >= 4 is 16.0 Å². The van der Waals surface area contributed by atoms with Gasteiger partial charge in [0.1, 0.15) is 0 Å². The van der Waals surface area contributed by atoms with E-state index in [1.165, 1.54) is 21.7 Å². The molecule has 0 unspecified atom stereocenters. The number of benzene rings is 2. The summed E-state index contributed by atoms with van der Waals surface area (Å²) in [6.07, 6.45) is 7.00. The Labute approximate surface area is 187 Å². The Morgan fingerprint density at radius 3 is 2.03 bits per heavy atom. The maximum absolute atomic E-state index is 12.2. The van der Waals surface area contributed by atoms with Crippen LogP contribution in [-0.2, 0) is 38.9 Å². The van der Waals surface area contributed by atoms with Crippen molar-refractivity contribution in [1.29, 1.82) is 0 Å². The van der Waals surface area contributed by atoms with Gasteiger partial charge in [-0.05, 0) is 49.3 Å². The molecule has 31 heavy (non-hydrogen) atoms. The maximum Gasteiger partial charge on any atom is 0.305 e. The highest BCUT2D eigenvalue weighted by Gasteiger charge is 2.16. The zero-order valence-electron chi connectivity index (χ0n) is 18.8. The van der Waals surface area contributed by atoms with Gasteiger partial charge in [-0.25, -0.2) is 8.42 Å². The van der Waals surface area contributed by atoms with E-state index in [0.29, 0.717) is 26.1 Å². The zero-order valence-corrected chi connectivity index (χ0v) is 19.6. The molecular formula is C25H35NO4S. The molecule has 0 N–H and O–H groups in total. The molecule has 0 spiro atoms. The molecule has 0 aliphatic heterocycles. The van der Waals surface area contributed by atoms with Crippen LogP contribution < -0.4 is 0 Å². The van der Waals surface area contributed by atoms with Gasteiger partial charge in [0.2, 0.25) is 10.0 Å². The van der Waals surface area contributed by atoms with Crippen molar-refractivity contribution in [3.8, 4) is 0 Å². The van der Waals surface area contributed by atoms with E-state index in [1.807, 2.05) is 18.2 Å². The highest BCUT2D eigenvalue weighted by molar-refractivity contribution is 7.88. The Balaban J connectivity index is 1.78. The molecule has 0 radical (unpaired) electrons. The van der Waals surface area contributed by atoms with Crippen LogP contribution in [0.2, 0.25) is 0 Å². The van der Waals surface area contributed by atoms with Gasteiger partial charge in [-0.2, -0.15) is 4.31 Å². The van der Waals surface area contributed by atoms with E-state index in [4.69, 9.17) is 4.74 Å². The van der Waals surface area contributed by atoms with Crippen LogP contribution in [0.3, 0.4) is 0 Å². The lowest BCUT2D eigenvalue weighted by molar-refractivity contribution is -0.143. The third-order valence-electron chi connectivity index (χ3n) is 5.24. The number of ether oxygens (including phenoxy) is 1.